The lowest BCUT2D eigenvalue weighted by atomic mass is 9.81. The van der Waals surface area contributed by atoms with E-state index in [1.54, 1.807) is 0 Å². The molecule has 2 saturated heterocycles. The Balaban J connectivity index is 1.49. The maximum Gasteiger partial charge on any atom is 0.0113 e. The van der Waals surface area contributed by atoms with Gasteiger partial charge in [-0.1, -0.05) is 6.42 Å². The number of hydrogen-bond acceptors (Lipinski definition) is 2. The highest BCUT2D eigenvalue weighted by Crippen LogP contribution is 2.62. The smallest absolute Gasteiger partial charge is 0.0113 e. The summed E-state index contributed by atoms with van der Waals surface area (Å²) in [7, 11) is 0. The van der Waals surface area contributed by atoms with Gasteiger partial charge in [0.15, 0.2) is 0 Å². The predicted molar refractivity (Wildman–Crippen MR) is 69.7 cm³/mol. The van der Waals surface area contributed by atoms with E-state index in [4.69, 9.17) is 5.73 Å². The second-order valence-electron chi connectivity index (χ2n) is 7.28. The Hall–Kier alpha value is -0.0800. The van der Waals surface area contributed by atoms with Gasteiger partial charge in [-0.15, -0.1) is 0 Å². The lowest BCUT2D eigenvalue weighted by Gasteiger charge is -2.49. The van der Waals surface area contributed by atoms with Crippen molar-refractivity contribution in [2.45, 2.75) is 75.9 Å². The molecular formula is C15H26N2. The van der Waals surface area contributed by atoms with Crippen LogP contribution in [0, 0.1) is 11.3 Å². The van der Waals surface area contributed by atoms with Gasteiger partial charge in [0.2, 0.25) is 0 Å². The van der Waals surface area contributed by atoms with Crippen molar-refractivity contribution in [3.8, 4) is 0 Å². The van der Waals surface area contributed by atoms with Crippen molar-refractivity contribution in [2.75, 3.05) is 6.54 Å². The van der Waals surface area contributed by atoms with E-state index < -0.39 is 0 Å². The normalized spacial score (nSPS) is 44.6. The Kier molecular flexibility index (Phi) is 2.36. The van der Waals surface area contributed by atoms with E-state index in [0.717, 1.165) is 23.4 Å². The molecule has 2 aliphatic heterocycles. The largest absolute Gasteiger partial charge is 0.328 e. The van der Waals surface area contributed by atoms with Crippen LogP contribution in [0.4, 0.5) is 0 Å². The van der Waals surface area contributed by atoms with Crippen molar-refractivity contribution in [3.05, 3.63) is 0 Å². The quantitative estimate of drug-likeness (QED) is 0.813. The Labute approximate surface area is 105 Å². The van der Waals surface area contributed by atoms with E-state index in [-0.39, 0.29) is 0 Å². The van der Waals surface area contributed by atoms with Crippen LogP contribution in [-0.2, 0) is 0 Å². The van der Waals surface area contributed by atoms with Crippen LogP contribution in [0.1, 0.15) is 57.8 Å². The zero-order valence-corrected chi connectivity index (χ0v) is 10.9. The van der Waals surface area contributed by atoms with E-state index in [1.807, 2.05) is 0 Å². The Morgan fingerprint density at radius 3 is 2.18 bits per heavy atom. The van der Waals surface area contributed by atoms with E-state index in [9.17, 15) is 0 Å². The number of nitrogens with zero attached hydrogens (tertiary/aromatic N) is 1. The van der Waals surface area contributed by atoms with Crippen LogP contribution in [0.5, 0.6) is 0 Å². The average molecular weight is 234 g/mol. The van der Waals surface area contributed by atoms with Crippen molar-refractivity contribution >= 4 is 0 Å². The second-order valence-corrected chi connectivity index (χ2v) is 7.28. The lowest BCUT2D eigenvalue weighted by Crippen LogP contribution is -2.56. The van der Waals surface area contributed by atoms with E-state index >= 15 is 0 Å². The van der Waals surface area contributed by atoms with Crippen LogP contribution in [0.15, 0.2) is 0 Å². The second kappa shape index (κ2) is 3.71. The zero-order chi connectivity index (χ0) is 11.5. The molecule has 96 valence electrons. The van der Waals surface area contributed by atoms with Crippen molar-refractivity contribution in [1.82, 2.24) is 4.90 Å². The first-order chi connectivity index (χ1) is 8.27. The molecule has 4 rings (SSSR count). The molecule has 2 atom stereocenters. The van der Waals surface area contributed by atoms with Gasteiger partial charge in [-0.3, -0.25) is 4.90 Å². The molecule has 2 saturated carbocycles. The molecule has 17 heavy (non-hydrogen) atoms. The van der Waals surface area contributed by atoms with Gasteiger partial charge in [-0.05, 0) is 62.7 Å². The minimum atomic E-state index is 0.498. The summed E-state index contributed by atoms with van der Waals surface area (Å²) in [5.74, 6) is 1.11. The summed E-state index contributed by atoms with van der Waals surface area (Å²) in [5.41, 5.74) is 7.00. The lowest BCUT2D eigenvalue weighted by molar-refractivity contribution is 0.0113. The third-order valence-electron chi connectivity index (χ3n) is 6.00. The fraction of sp³-hybridized carbons (Fsp3) is 1.00. The third kappa shape index (κ3) is 1.84. The van der Waals surface area contributed by atoms with E-state index in [1.165, 1.54) is 64.3 Å². The number of hydrogen-bond donors (Lipinski definition) is 1. The third-order valence-corrected chi connectivity index (χ3v) is 6.00. The average Bonchev–Trinajstić information content (AvgIpc) is 3.12. The number of rotatable bonds is 3. The molecule has 0 aromatic carbocycles. The fourth-order valence-corrected chi connectivity index (χ4v) is 4.69. The molecule has 2 unspecified atom stereocenters. The Morgan fingerprint density at radius 2 is 1.65 bits per heavy atom. The SMILES string of the molecule is NC1CC2CCCC(C1)N2CC1(C2CC2)CC1. The van der Waals surface area contributed by atoms with Gasteiger partial charge in [0, 0.05) is 24.7 Å². The van der Waals surface area contributed by atoms with Gasteiger partial charge in [-0.25, -0.2) is 0 Å². The molecule has 2 heterocycles. The molecule has 4 fully saturated rings. The first kappa shape index (κ1) is 10.8. The Bertz CT molecular complexity index is 292. The van der Waals surface area contributed by atoms with Gasteiger partial charge in [0.05, 0.1) is 0 Å². The highest BCUT2D eigenvalue weighted by atomic mass is 15.2. The monoisotopic (exact) mass is 234 g/mol. The van der Waals surface area contributed by atoms with E-state index in [2.05, 4.69) is 4.90 Å². The first-order valence-electron chi connectivity index (χ1n) is 7.78. The minimum Gasteiger partial charge on any atom is -0.328 e. The van der Waals surface area contributed by atoms with Crippen LogP contribution >= 0.6 is 0 Å². The standard InChI is InChI=1S/C15H26N2/c16-12-8-13-2-1-3-14(9-12)17(13)10-15(6-7-15)11-4-5-11/h11-14H,1-10,16H2. The summed E-state index contributed by atoms with van der Waals surface area (Å²) in [6, 6.07) is 2.18. The molecule has 4 aliphatic rings. The van der Waals surface area contributed by atoms with E-state index in [0.29, 0.717) is 6.04 Å². The summed E-state index contributed by atoms with van der Waals surface area (Å²) in [4.78, 5) is 2.90. The highest BCUT2D eigenvalue weighted by molar-refractivity contribution is 5.08. The zero-order valence-electron chi connectivity index (χ0n) is 10.9. The molecule has 0 spiro atoms. The van der Waals surface area contributed by atoms with Crippen LogP contribution in [-0.4, -0.2) is 29.6 Å². The molecular weight excluding hydrogens is 208 g/mol. The molecule has 0 aromatic rings. The topological polar surface area (TPSA) is 29.3 Å². The molecule has 2 aliphatic carbocycles. The predicted octanol–water partition coefficient (Wildman–Crippen LogP) is 2.52. The molecule has 2 bridgehead atoms. The van der Waals surface area contributed by atoms with Crippen molar-refractivity contribution in [2.24, 2.45) is 17.1 Å². The molecule has 2 nitrogen and oxygen atoms in total. The van der Waals surface area contributed by atoms with Crippen molar-refractivity contribution in [3.63, 3.8) is 0 Å². The van der Waals surface area contributed by atoms with Gasteiger partial charge >= 0.3 is 0 Å². The maximum atomic E-state index is 6.21. The van der Waals surface area contributed by atoms with Crippen molar-refractivity contribution in [1.29, 1.82) is 0 Å². The molecule has 2 heteroatoms. The Morgan fingerprint density at radius 1 is 1.00 bits per heavy atom. The van der Waals surface area contributed by atoms with Gasteiger partial charge in [-0.2, -0.15) is 0 Å². The molecule has 0 aromatic heterocycles. The number of fused-ring (bicyclic) bond motifs is 2. The summed E-state index contributed by atoms with van der Waals surface area (Å²) in [6.07, 6.45) is 13.0. The number of piperidine rings is 2. The van der Waals surface area contributed by atoms with Crippen molar-refractivity contribution < 1.29 is 0 Å². The highest BCUT2D eigenvalue weighted by Gasteiger charge is 2.55. The van der Waals surface area contributed by atoms with Gasteiger partial charge in [0.1, 0.15) is 0 Å². The molecule has 0 radical (unpaired) electrons. The van der Waals surface area contributed by atoms with Gasteiger partial charge in [0.25, 0.3) is 0 Å². The summed E-state index contributed by atoms with van der Waals surface area (Å²) < 4.78 is 0. The molecule has 2 N–H and O–H groups in total. The van der Waals surface area contributed by atoms with Crippen LogP contribution in [0.2, 0.25) is 0 Å². The summed E-state index contributed by atoms with van der Waals surface area (Å²) >= 11 is 0. The summed E-state index contributed by atoms with van der Waals surface area (Å²) in [5, 5.41) is 0. The summed E-state index contributed by atoms with van der Waals surface area (Å²) in [6.45, 7) is 1.43. The number of nitrogens with two attached hydrogens (primary N) is 1. The fourth-order valence-electron chi connectivity index (χ4n) is 4.69. The van der Waals surface area contributed by atoms with Crippen LogP contribution in [0.25, 0.3) is 0 Å². The van der Waals surface area contributed by atoms with Crippen LogP contribution < -0.4 is 5.73 Å². The maximum absolute atomic E-state index is 6.21. The minimum absolute atomic E-state index is 0.498. The molecule has 0 amide bonds. The van der Waals surface area contributed by atoms with Crippen LogP contribution in [0.3, 0.4) is 0 Å². The first-order valence-corrected chi connectivity index (χ1v) is 7.78. The van der Waals surface area contributed by atoms with Gasteiger partial charge < -0.3 is 5.73 Å².